The highest BCUT2D eigenvalue weighted by atomic mass is 127. The number of ether oxygens (including phenoxy) is 1. The molecule has 0 bridgehead atoms. The third kappa shape index (κ3) is 2.47. The van der Waals surface area contributed by atoms with Gasteiger partial charge in [0.2, 0.25) is 0 Å². The van der Waals surface area contributed by atoms with E-state index in [2.05, 4.69) is 46.1 Å². The van der Waals surface area contributed by atoms with E-state index < -0.39 is 0 Å². The molecular weight excluding hydrogens is 339 g/mol. The number of methoxy groups -OCH3 is 1. The lowest BCUT2D eigenvalue weighted by Gasteiger charge is -2.32. The molecular formula is C14H17IN2O. The molecule has 0 spiro atoms. The van der Waals surface area contributed by atoms with Crippen LogP contribution in [0.15, 0.2) is 18.2 Å². The van der Waals surface area contributed by atoms with E-state index in [1.165, 1.54) is 5.56 Å². The van der Waals surface area contributed by atoms with Gasteiger partial charge in [-0.05, 0) is 37.6 Å². The third-order valence-electron chi connectivity index (χ3n) is 3.65. The monoisotopic (exact) mass is 356 g/mol. The average Bonchev–Trinajstić information content (AvgIpc) is 2.47. The molecule has 1 aromatic carbocycles. The fraction of sp³-hybridized carbons (Fsp3) is 0.500. The van der Waals surface area contributed by atoms with E-state index in [0.717, 1.165) is 41.7 Å². The highest BCUT2D eigenvalue weighted by Crippen LogP contribution is 2.36. The van der Waals surface area contributed by atoms with Gasteiger partial charge in [-0.2, -0.15) is 5.26 Å². The molecule has 0 aromatic heterocycles. The van der Waals surface area contributed by atoms with Gasteiger partial charge >= 0.3 is 0 Å². The lowest BCUT2D eigenvalue weighted by Crippen LogP contribution is -2.38. The molecule has 1 fully saturated rings. The van der Waals surface area contributed by atoms with Crippen LogP contribution >= 0.6 is 22.6 Å². The number of piperidine rings is 1. The van der Waals surface area contributed by atoms with Crippen LogP contribution in [0.2, 0.25) is 0 Å². The van der Waals surface area contributed by atoms with Gasteiger partial charge in [0.15, 0.2) is 0 Å². The van der Waals surface area contributed by atoms with E-state index in [1.807, 2.05) is 6.07 Å². The Kier molecular flexibility index (Phi) is 4.46. The fourth-order valence-corrected chi connectivity index (χ4v) is 3.10. The standard InChI is InChI=1S/C14H17IN2O/c1-18-13-8-12(3-2-11(13)9-15)14(10-16)4-6-17-7-5-14/h2-3,8,17H,4-7,9H2,1H3. The van der Waals surface area contributed by atoms with Crippen molar-refractivity contribution in [1.82, 2.24) is 5.32 Å². The molecule has 0 atom stereocenters. The molecule has 2 rings (SSSR count). The summed E-state index contributed by atoms with van der Waals surface area (Å²) in [6, 6.07) is 8.74. The Hall–Kier alpha value is -0.800. The Labute approximate surface area is 122 Å². The van der Waals surface area contributed by atoms with Gasteiger partial charge in [0.1, 0.15) is 5.75 Å². The second-order valence-electron chi connectivity index (χ2n) is 4.60. The van der Waals surface area contributed by atoms with Crippen molar-refractivity contribution in [1.29, 1.82) is 5.26 Å². The maximum atomic E-state index is 9.56. The van der Waals surface area contributed by atoms with Crippen LogP contribution in [0, 0.1) is 11.3 Å². The number of nitrogens with one attached hydrogen (secondary N) is 1. The first-order chi connectivity index (χ1) is 8.75. The predicted molar refractivity (Wildman–Crippen MR) is 80.1 cm³/mol. The summed E-state index contributed by atoms with van der Waals surface area (Å²) in [6.45, 7) is 1.81. The van der Waals surface area contributed by atoms with E-state index in [9.17, 15) is 5.26 Å². The Morgan fingerprint density at radius 1 is 1.44 bits per heavy atom. The van der Waals surface area contributed by atoms with E-state index in [-0.39, 0.29) is 5.41 Å². The molecule has 0 saturated carbocycles. The number of alkyl halides is 1. The minimum absolute atomic E-state index is 0.345. The van der Waals surface area contributed by atoms with Crippen molar-refractivity contribution in [3.05, 3.63) is 29.3 Å². The summed E-state index contributed by atoms with van der Waals surface area (Å²) in [5.74, 6) is 0.898. The number of benzene rings is 1. The molecule has 1 N–H and O–H groups in total. The van der Waals surface area contributed by atoms with Crippen LogP contribution < -0.4 is 10.1 Å². The lowest BCUT2D eigenvalue weighted by atomic mass is 9.74. The SMILES string of the molecule is COc1cc(C2(C#N)CCNCC2)ccc1CI. The summed E-state index contributed by atoms with van der Waals surface area (Å²) < 4.78 is 6.35. The highest BCUT2D eigenvalue weighted by Gasteiger charge is 2.34. The Morgan fingerprint density at radius 2 is 2.17 bits per heavy atom. The molecule has 18 heavy (non-hydrogen) atoms. The molecule has 0 unspecified atom stereocenters. The molecule has 4 heteroatoms. The second-order valence-corrected chi connectivity index (χ2v) is 5.37. The number of rotatable bonds is 3. The van der Waals surface area contributed by atoms with Gasteiger partial charge < -0.3 is 10.1 Å². The minimum atomic E-state index is -0.345. The Morgan fingerprint density at radius 3 is 2.72 bits per heavy atom. The predicted octanol–water partition coefficient (Wildman–Crippen LogP) is 2.77. The first-order valence-electron chi connectivity index (χ1n) is 6.11. The van der Waals surface area contributed by atoms with Crippen molar-refractivity contribution in [2.45, 2.75) is 22.7 Å². The first-order valence-corrected chi connectivity index (χ1v) is 7.63. The number of hydrogen-bond donors (Lipinski definition) is 1. The van der Waals surface area contributed by atoms with Crippen LogP contribution in [-0.2, 0) is 9.84 Å². The molecule has 1 aromatic rings. The molecule has 0 amide bonds. The van der Waals surface area contributed by atoms with Crippen LogP contribution in [0.3, 0.4) is 0 Å². The first kappa shape index (κ1) is 13.6. The number of nitrogens with zero attached hydrogens (tertiary/aromatic N) is 1. The number of nitriles is 1. The Bertz CT molecular complexity index is 461. The summed E-state index contributed by atoms with van der Waals surface area (Å²) in [6.07, 6.45) is 1.74. The Balaban J connectivity index is 2.40. The summed E-state index contributed by atoms with van der Waals surface area (Å²) in [5, 5.41) is 12.9. The number of hydrogen-bond acceptors (Lipinski definition) is 3. The zero-order chi connectivity index (χ0) is 13.0. The molecule has 1 saturated heterocycles. The van der Waals surface area contributed by atoms with Crippen LogP contribution in [0.25, 0.3) is 0 Å². The quantitative estimate of drug-likeness (QED) is 0.669. The lowest BCUT2D eigenvalue weighted by molar-refractivity contribution is 0.376. The van der Waals surface area contributed by atoms with E-state index in [0.29, 0.717) is 0 Å². The summed E-state index contributed by atoms with van der Waals surface area (Å²) >= 11 is 2.33. The maximum Gasteiger partial charge on any atom is 0.123 e. The normalized spacial score (nSPS) is 18.1. The van der Waals surface area contributed by atoms with E-state index >= 15 is 0 Å². The minimum Gasteiger partial charge on any atom is -0.496 e. The fourth-order valence-electron chi connectivity index (χ4n) is 2.47. The van der Waals surface area contributed by atoms with Crippen LogP contribution in [-0.4, -0.2) is 20.2 Å². The topological polar surface area (TPSA) is 45.0 Å². The third-order valence-corrected chi connectivity index (χ3v) is 4.48. The smallest absolute Gasteiger partial charge is 0.123 e. The molecule has 1 aliphatic heterocycles. The molecule has 3 nitrogen and oxygen atoms in total. The van der Waals surface area contributed by atoms with Gasteiger partial charge in [-0.3, -0.25) is 0 Å². The molecule has 96 valence electrons. The van der Waals surface area contributed by atoms with Gasteiger partial charge in [-0.15, -0.1) is 0 Å². The molecule has 1 aliphatic rings. The molecule has 1 heterocycles. The van der Waals surface area contributed by atoms with Crippen molar-refractivity contribution in [2.75, 3.05) is 20.2 Å². The average molecular weight is 356 g/mol. The van der Waals surface area contributed by atoms with Gasteiger partial charge in [-0.25, -0.2) is 0 Å². The van der Waals surface area contributed by atoms with Crippen LogP contribution in [0.5, 0.6) is 5.75 Å². The van der Waals surface area contributed by atoms with Crippen molar-refractivity contribution in [3.8, 4) is 11.8 Å². The van der Waals surface area contributed by atoms with Crippen molar-refractivity contribution in [3.63, 3.8) is 0 Å². The van der Waals surface area contributed by atoms with Crippen LogP contribution in [0.1, 0.15) is 24.0 Å². The highest BCUT2D eigenvalue weighted by molar-refractivity contribution is 14.1. The van der Waals surface area contributed by atoms with Gasteiger partial charge in [-0.1, -0.05) is 34.7 Å². The molecule has 0 aliphatic carbocycles. The van der Waals surface area contributed by atoms with E-state index in [4.69, 9.17) is 4.74 Å². The van der Waals surface area contributed by atoms with Crippen LogP contribution in [0.4, 0.5) is 0 Å². The van der Waals surface area contributed by atoms with Crippen molar-refractivity contribution >= 4 is 22.6 Å². The molecule has 0 radical (unpaired) electrons. The summed E-state index contributed by atoms with van der Waals surface area (Å²) in [4.78, 5) is 0. The zero-order valence-electron chi connectivity index (χ0n) is 10.5. The number of halogens is 1. The summed E-state index contributed by atoms with van der Waals surface area (Å²) in [7, 11) is 1.69. The summed E-state index contributed by atoms with van der Waals surface area (Å²) in [5.41, 5.74) is 1.93. The van der Waals surface area contributed by atoms with E-state index in [1.54, 1.807) is 7.11 Å². The maximum absolute atomic E-state index is 9.56. The largest absolute Gasteiger partial charge is 0.496 e. The van der Waals surface area contributed by atoms with Gasteiger partial charge in [0, 0.05) is 9.99 Å². The van der Waals surface area contributed by atoms with Crippen molar-refractivity contribution < 1.29 is 4.74 Å². The van der Waals surface area contributed by atoms with Gasteiger partial charge in [0.25, 0.3) is 0 Å². The zero-order valence-corrected chi connectivity index (χ0v) is 12.7. The van der Waals surface area contributed by atoms with Gasteiger partial charge in [0.05, 0.1) is 18.6 Å². The second kappa shape index (κ2) is 5.89. The van der Waals surface area contributed by atoms with Crippen molar-refractivity contribution in [2.24, 2.45) is 0 Å².